The molecule has 3 rings (SSSR count). The lowest BCUT2D eigenvalue weighted by Crippen LogP contribution is -2.31. The van der Waals surface area contributed by atoms with Gasteiger partial charge in [0, 0.05) is 5.69 Å². The first-order chi connectivity index (χ1) is 12.9. The number of nitrogens with zero attached hydrogens (tertiary/aromatic N) is 2. The minimum Gasteiger partial charge on any atom is -0.365 e. The predicted octanol–water partition coefficient (Wildman–Crippen LogP) is 3.05. The van der Waals surface area contributed by atoms with Gasteiger partial charge in [-0.1, -0.05) is 41.6 Å². The Hall–Kier alpha value is -3.11. The van der Waals surface area contributed by atoms with Gasteiger partial charge in [-0.2, -0.15) is 5.26 Å². The zero-order valence-corrected chi connectivity index (χ0v) is 15.3. The van der Waals surface area contributed by atoms with E-state index in [-0.39, 0.29) is 22.3 Å². The standard InChI is InChI=1S/C20H16FN3O2S/c1-12-2-8-15(9-3-12)24-19(26)17(10-13-4-6-14(21)7-5-13)27-20(24)16(11-22)18(23)25/h2-9,17H,10H2,1H3,(H2,23,25). The molecule has 0 saturated carbocycles. The summed E-state index contributed by atoms with van der Waals surface area (Å²) >= 11 is 1.12. The van der Waals surface area contributed by atoms with Gasteiger partial charge in [-0.3, -0.25) is 14.5 Å². The maximum Gasteiger partial charge on any atom is 0.262 e. The van der Waals surface area contributed by atoms with Crippen molar-refractivity contribution in [1.29, 1.82) is 5.26 Å². The van der Waals surface area contributed by atoms with E-state index in [0.717, 1.165) is 22.9 Å². The average Bonchev–Trinajstić information content (AvgIpc) is 2.94. The van der Waals surface area contributed by atoms with Crippen LogP contribution in [0.5, 0.6) is 0 Å². The van der Waals surface area contributed by atoms with E-state index in [1.54, 1.807) is 24.3 Å². The van der Waals surface area contributed by atoms with Crippen molar-refractivity contribution in [2.75, 3.05) is 4.90 Å². The molecular weight excluding hydrogens is 365 g/mol. The first-order valence-electron chi connectivity index (χ1n) is 8.16. The third-order valence-electron chi connectivity index (χ3n) is 4.15. The first-order valence-corrected chi connectivity index (χ1v) is 9.04. The zero-order valence-electron chi connectivity index (χ0n) is 14.5. The lowest BCUT2D eigenvalue weighted by molar-refractivity contribution is -0.117. The average molecular weight is 381 g/mol. The zero-order chi connectivity index (χ0) is 19.6. The highest BCUT2D eigenvalue weighted by atomic mass is 32.2. The summed E-state index contributed by atoms with van der Waals surface area (Å²) < 4.78 is 13.1. The van der Waals surface area contributed by atoms with Gasteiger partial charge in [0.2, 0.25) is 5.91 Å². The highest BCUT2D eigenvalue weighted by Crippen LogP contribution is 2.41. The number of carbonyl (C=O) groups is 2. The number of hydrogen-bond donors (Lipinski definition) is 1. The van der Waals surface area contributed by atoms with Gasteiger partial charge in [0.25, 0.3) is 5.91 Å². The van der Waals surface area contributed by atoms with Crippen LogP contribution in [0.4, 0.5) is 10.1 Å². The van der Waals surface area contributed by atoms with E-state index in [1.165, 1.54) is 17.0 Å². The molecule has 1 unspecified atom stereocenters. The van der Waals surface area contributed by atoms with Crippen LogP contribution < -0.4 is 10.6 Å². The fraction of sp³-hybridized carbons (Fsp3) is 0.150. The smallest absolute Gasteiger partial charge is 0.262 e. The highest BCUT2D eigenvalue weighted by Gasteiger charge is 2.40. The molecule has 136 valence electrons. The van der Waals surface area contributed by atoms with Crippen LogP contribution in [0.1, 0.15) is 11.1 Å². The fourth-order valence-electron chi connectivity index (χ4n) is 2.76. The molecule has 5 nitrogen and oxygen atoms in total. The van der Waals surface area contributed by atoms with E-state index in [0.29, 0.717) is 12.1 Å². The monoisotopic (exact) mass is 381 g/mol. The predicted molar refractivity (Wildman–Crippen MR) is 102 cm³/mol. The second kappa shape index (κ2) is 7.64. The quantitative estimate of drug-likeness (QED) is 0.651. The Kier molecular flexibility index (Phi) is 5.28. The van der Waals surface area contributed by atoms with Crippen molar-refractivity contribution in [2.45, 2.75) is 18.6 Å². The number of anilines is 1. The summed E-state index contributed by atoms with van der Waals surface area (Å²) in [5.74, 6) is -1.49. The van der Waals surface area contributed by atoms with Crippen molar-refractivity contribution in [3.05, 3.63) is 76.1 Å². The number of hydrogen-bond acceptors (Lipinski definition) is 4. The van der Waals surface area contributed by atoms with Crippen molar-refractivity contribution in [3.8, 4) is 6.07 Å². The molecule has 2 aromatic carbocycles. The second-order valence-electron chi connectivity index (χ2n) is 6.10. The molecule has 2 aromatic rings. The lowest BCUT2D eigenvalue weighted by atomic mass is 10.1. The van der Waals surface area contributed by atoms with Crippen molar-refractivity contribution < 1.29 is 14.0 Å². The molecule has 2 amide bonds. The van der Waals surface area contributed by atoms with Gasteiger partial charge in [-0.15, -0.1) is 0 Å². The normalized spacial score (nSPS) is 18.3. The largest absolute Gasteiger partial charge is 0.365 e. The van der Waals surface area contributed by atoms with Crippen LogP contribution in [-0.4, -0.2) is 17.1 Å². The Labute approximate surface area is 160 Å². The van der Waals surface area contributed by atoms with Gasteiger partial charge in [0.15, 0.2) is 0 Å². The highest BCUT2D eigenvalue weighted by molar-refractivity contribution is 8.05. The number of carbonyl (C=O) groups excluding carboxylic acids is 2. The van der Waals surface area contributed by atoms with Crippen molar-refractivity contribution in [1.82, 2.24) is 0 Å². The molecule has 0 spiro atoms. The number of thioether (sulfide) groups is 1. The third kappa shape index (κ3) is 3.86. The molecule has 1 fully saturated rings. The van der Waals surface area contributed by atoms with Gasteiger partial charge < -0.3 is 5.73 Å². The molecule has 1 aliphatic heterocycles. The molecule has 0 aromatic heterocycles. The number of halogens is 1. The SMILES string of the molecule is Cc1ccc(N2C(=O)C(Cc3ccc(F)cc3)SC2=C(C#N)C(N)=O)cc1. The van der Waals surface area contributed by atoms with E-state index >= 15 is 0 Å². The summed E-state index contributed by atoms with van der Waals surface area (Å²) in [7, 11) is 0. The molecule has 0 radical (unpaired) electrons. The van der Waals surface area contributed by atoms with Crippen LogP contribution >= 0.6 is 11.8 Å². The summed E-state index contributed by atoms with van der Waals surface area (Å²) in [4.78, 5) is 26.1. The minimum atomic E-state index is -0.882. The van der Waals surface area contributed by atoms with Crippen LogP contribution in [0, 0.1) is 24.1 Å². The van der Waals surface area contributed by atoms with Gasteiger partial charge in [-0.05, 0) is 43.2 Å². The van der Waals surface area contributed by atoms with E-state index in [9.17, 15) is 19.2 Å². The number of primary amides is 1. The topological polar surface area (TPSA) is 87.2 Å². The maximum absolute atomic E-state index is 13.1. The van der Waals surface area contributed by atoms with Gasteiger partial charge >= 0.3 is 0 Å². The Morgan fingerprint density at radius 1 is 1.22 bits per heavy atom. The van der Waals surface area contributed by atoms with Gasteiger partial charge in [0.05, 0.1) is 5.25 Å². The van der Waals surface area contributed by atoms with Gasteiger partial charge in [0.1, 0.15) is 22.5 Å². The molecule has 7 heteroatoms. The van der Waals surface area contributed by atoms with Crippen molar-refractivity contribution in [2.24, 2.45) is 5.73 Å². The van der Waals surface area contributed by atoms with Crippen LogP contribution in [0.2, 0.25) is 0 Å². The van der Waals surface area contributed by atoms with Gasteiger partial charge in [-0.25, -0.2) is 4.39 Å². The van der Waals surface area contributed by atoms with E-state index < -0.39 is 11.2 Å². The number of nitrogens with two attached hydrogens (primary N) is 1. The first kappa shape index (κ1) is 18.7. The summed E-state index contributed by atoms with van der Waals surface area (Å²) in [5, 5.41) is 9.04. The lowest BCUT2D eigenvalue weighted by Gasteiger charge is -2.18. The van der Waals surface area contributed by atoms with Crippen LogP contribution in [0.25, 0.3) is 0 Å². The van der Waals surface area contributed by atoms with E-state index in [1.807, 2.05) is 25.1 Å². The van der Waals surface area contributed by atoms with Crippen LogP contribution in [0.15, 0.2) is 59.1 Å². The Bertz CT molecular complexity index is 962. The number of rotatable bonds is 4. The van der Waals surface area contributed by atoms with Crippen molar-refractivity contribution >= 4 is 29.3 Å². The Morgan fingerprint density at radius 2 is 1.85 bits per heavy atom. The van der Waals surface area contributed by atoms with Crippen molar-refractivity contribution in [3.63, 3.8) is 0 Å². The summed E-state index contributed by atoms with van der Waals surface area (Å²) in [6, 6.07) is 14.9. The fourth-order valence-corrected chi connectivity index (χ4v) is 4.08. The molecule has 0 bridgehead atoms. The molecule has 1 aliphatic rings. The Balaban J connectivity index is 2.01. The molecule has 1 saturated heterocycles. The number of nitriles is 1. The molecule has 27 heavy (non-hydrogen) atoms. The molecule has 2 N–H and O–H groups in total. The summed E-state index contributed by atoms with van der Waals surface area (Å²) in [6.45, 7) is 1.92. The number of amides is 2. The summed E-state index contributed by atoms with van der Waals surface area (Å²) in [5.41, 5.74) is 7.44. The van der Waals surface area contributed by atoms with Crippen LogP contribution in [-0.2, 0) is 16.0 Å². The maximum atomic E-state index is 13.1. The van der Waals surface area contributed by atoms with Crippen LogP contribution in [0.3, 0.4) is 0 Å². The molecule has 1 heterocycles. The summed E-state index contributed by atoms with van der Waals surface area (Å²) in [6.07, 6.45) is 0.340. The van der Waals surface area contributed by atoms with E-state index in [2.05, 4.69) is 0 Å². The molecular formula is C20H16FN3O2S. The Morgan fingerprint density at radius 3 is 2.41 bits per heavy atom. The van der Waals surface area contributed by atoms with E-state index in [4.69, 9.17) is 5.73 Å². The third-order valence-corrected chi connectivity index (χ3v) is 5.41. The molecule has 1 atom stereocenters. The number of aryl methyl sites for hydroxylation is 1. The number of benzene rings is 2. The minimum absolute atomic E-state index is 0.228. The molecule has 0 aliphatic carbocycles. The second-order valence-corrected chi connectivity index (χ2v) is 7.29.